The standard InChI is InChI=1S/C19H20ClFN2OS/c20-15-7-5-14(6-8-15)13-22-19(24)23-10-9-18(25-12-11-23)16-3-1-2-4-17(16)21/h1-8,18H,9-13H2,(H,22,24). The van der Waals surface area contributed by atoms with Crippen molar-refractivity contribution in [3.05, 3.63) is 70.5 Å². The average molecular weight is 379 g/mol. The third-order valence-electron chi connectivity index (χ3n) is 4.24. The molecular weight excluding hydrogens is 359 g/mol. The van der Waals surface area contributed by atoms with Gasteiger partial charge in [0.1, 0.15) is 5.82 Å². The van der Waals surface area contributed by atoms with Crippen LogP contribution in [0.4, 0.5) is 9.18 Å². The van der Waals surface area contributed by atoms with E-state index in [2.05, 4.69) is 5.32 Å². The maximum atomic E-state index is 14.0. The SMILES string of the molecule is O=C(NCc1ccc(Cl)cc1)N1CCSC(c2ccccc2F)CC1. The van der Waals surface area contributed by atoms with Gasteiger partial charge in [0, 0.05) is 41.2 Å². The first-order valence-corrected chi connectivity index (χ1v) is 9.69. The van der Waals surface area contributed by atoms with E-state index in [0.717, 1.165) is 23.3 Å². The highest BCUT2D eigenvalue weighted by Gasteiger charge is 2.23. The van der Waals surface area contributed by atoms with Crippen LogP contribution in [0.25, 0.3) is 0 Å². The molecule has 1 N–H and O–H groups in total. The number of nitrogens with zero attached hydrogens (tertiary/aromatic N) is 1. The fourth-order valence-corrected chi connectivity index (χ4v) is 4.23. The molecule has 0 aliphatic carbocycles. The Balaban J connectivity index is 1.54. The first kappa shape index (κ1) is 18.1. The van der Waals surface area contributed by atoms with Crippen molar-refractivity contribution in [1.29, 1.82) is 0 Å². The molecule has 3 nitrogen and oxygen atoms in total. The van der Waals surface area contributed by atoms with Crippen LogP contribution in [0.1, 0.15) is 22.8 Å². The Morgan fingerprint density at radius 1 is 1.20 bits per heavy atom. The molecule has 1 aliphatic rings. The van der Waals surface area contributed by atoms with Gasteiger partial charge in [-0.2, -0.15) is 11.8 Å². The summed E-state index contributed by atoms with van der Waals surface area (Å²) >= 11 is 7.58. The Bertz CT molecular complexity index is 726. The molecule has 3 rings (SSSR count). The molecule has 6 heteroatoms. The second-order valence-corrected chi connectivity index (χ2v) is 7.69. The number of hydrogen-bond acceptors (Lipinski definition) is 2. The fraction of sp³-hybridized carbons (Fsp3) is 0.316. The molecule has 0 saturated carbocycles. The number of nitrogens with one attached hydrogen (secondary N) is 1. The van der Waals surface area contributed by atoms with E-state index in [-0.39, 0.29) is 17.1 Å². The Morgan fingerprint density at radius 3 is 2.72 bits per heavy atom. The molecule has 2 aromatic rings. The quantitative estimate of drug-likeness (QED) is 0.826. The lowest BCUT2D eigenvalue weighted by Gasteiger charge is -2.21. The largest absolute Gasteiger partial charge is 0.334 e. The maximum Gasteiger partial charge on any atom is 0.317 e. The van der Waals surface area contributed by atoms with Crippen LogP contribution in [-0.2, 0) is 6.54 Å². The zero-order valence-electron chi connectivity index (χ0n) is 13.8. The molecule has 1 atom stereocenters. The van der Waals surface area contributed by atoms with E-state index in [9.17, 15) is 9.18 Å². The molecule has 0 radical (unpaired) electrons. The molecule has 2 aromatic carbocycles. The van der Waals surface area contributed by atoms with E-state index in [1.165, 1.54) is 6.07 Å². The minimum absolute atomic E-state index is 0.0790. The summed E-state index contributed by atoms with van der Waals surface area (Å²) < 4.78 is 14.0. The second-order valence-electron chi connectivity index (χ2n) is 5.94. The van der Waals surface area contributed by atoms with Crippen LogP contribution in [0.2, 0.25) is 5.02 Å². The highest BCUT2D eigenvalue weighted by molar-refractivity contribution is 7.99. The van der Waals surface area contributed by atoms with Crippen molar-refractivity contribution >= 4 is 29.4 Å². The number of rotatable bonds is 3. The third-order valence-corrected chi connectivity index (χ3v) is 5.80. The summed E-state index contributed by atoms with van der Waals surface area (Å²) in [6.45, 7) is 1.76. The lowest BCUT2D eigenvalue weighted by molar-refractivity contribution is 0.200. The number of carbonyl (C=O) groups is 1. The van der Waals surface area contributed by atoms with Crippen LogP contribution in [0.15, 0.2) is 48.5 Å². The highest BCUT2D eigenvalue weighted by atomic mass is 35.5. The van der Waals surface area contributed by atoms with Gasteiger partial charge in [0.2, 0.25) is 0 Å². The summed E-state index contributed by atoms with van der Waals surface area (Å²) in [5, 5.41) is 3.71. The van der Waals surface area contributed by atoms with E-state index < -0.39 is 0 Å². The van der Waals surface area contributed by atoms with E-state index >= 15 is 0 Å². The van der Waals surface area contributed by atoms with Crippen LogP contribution in [0, 0.1) is 5.82 Å². The van der Waals surface area contributed by atoms with Gasteiger partial charge in [-0.25, -0.2) is 9.18 Å². The fourth-order valence-electron chi connectivity index (χ4n) is 2.85. The van der Waals surface area contributed by atoms with E-state index in [1.807, 2.05) is 41.3 Å². The van der Waals surface area contributed by atoms with Crippen LogP contribution < -0.4 is 5.32 Å². The van der Waals surface area contributed by atoms with Gasteiger partial charge in [-0.3, -0.25) is 0 Å². The second kappa shape index (κ2) is 8.59. The molecule has 2 amide bonds. The Kier molecular flexibility index (Phi) is 6.21. The predicted octanol–water partition coefficient (Wildman–Crippen LogP) is 4.87. The van der Waals surface area contributed by atoms with Crippen molar-refractivity contribution in [2.24, 2.45) is 0 Å². The lowest BCUT2D eigenvalue weighted by atomic mass is 10.1. The number of thioether (sulfide) groups is 1. The average Bonchev–Trinajstić information content (AvgIpc) is 2.87. The molecule has 0 bridgehead atoms. The number of urea groups is 1. The molecule has 25 heavy (non-hydrogen) atoms. The van der Waals surface area contributed by atoms with Crippen molar-refractivity contribution in [2.75, 3.05) is 18.8 Å². The first-order valence-electron chi connectivity index (χ1n) is 8.27. The third kappa shape index (κ3) is 4.89. The number of amides is 2. The zero-order valence-corrected chi connectivity index (χ0v) is 15.3. The van der Waals surface area contributed by atoms with Gasteiger partial charge < -0.3 is 10.2 Å². The minimum atomic E-state index is -0.166. The summed E-state index contributed by atoms with van der Waals surface area (Å²) in [5.74, 6) is 0.633. The number of hydrogen-bond donors (Lipinski definition) is 1. The monoisotopic (exact) mass is 378 g/mol. The van der Waals surface area contributed by atoms with Crippen LogP contribution in [0.3, 0.4) is 0 Å². The number of carbonyl (C=O) groups excluding carboxylic acids is 1. The van der Waals surface area contributed by atoms with Gasteiger partial charge in [-0.15, -0.1) is 0 Å². The number of halogens is 2. The number of benzene rings is 2. The summed E-state index contributed by atoms with van der Waals surface area (Å²) in [6, 6.07) is 14.2. The molecular formula is C19H20ClFN2OS. The van der Waals surface area contributed by atoms with Gasteiger partial charge in [0.05, 0.1) is 0 Å². The van der Waals surface area contributed by atoms with Crippen molar-refractivity contribution < 1.29 is 9.18 Å². The Hall–Kier alpha value is -1.72. The van der Waals surface area contributed by atoms with E-state index in [1.54, 1.807) is 17.8 Å². The summed E-state index contributed by atoms with van der Waals surface area (Å²) in [7, 11) is 0. The van der Waals surface area contributed by atoms with Crippen LogP contribution >= 0.6 is 23.4 Å². The van der Waals surface area contributed by atoms with E-state index in [4.69, 9.17) is 11.6 Å². The zero-order chi connectivity index (χ0) is 17.6. The molecule has 132 valence electrons. The molecule has 0 aromatic heterocycles. The first-order chi connectivity index (χ1) is 12.1. The topological polar surface area (TPSA) is 32.3 Å². The smallest absolute Gasteiger partial charge is 0.317 e. The lowest BCUT2D eigenvalue weighted by Crippen LogP contribution is -2.40. The molecule has 1 unspecified atom stereocenters. The van der Waals surface area contributed by atoms with Crippen molar-refractivity contribution in [1.82, 2.24) is 10.2 Å². The molecule has 0 spiro atoms. The van der Waals surface area contributed by atoms with Crippen LogP contribution in [0.5, 0.6) is 0 Å². The van der Waals surface area contributed by atoms with Crippen molar-refractivity contribution in [2.45, 2.75) is 18.2 Å². The van der Waals surface area contributed by atoms with Gasteiger partial charge in [-0.1, -0.05) is 41.9 Å². The summed E-state index contributed by atoms with van der Waals surface area (Å²) in [6.07, 6.45) is 0.750. The molecule has 1 fully saturated rings. The summed E-state index contributed by atoms with van der Waals surface area (Å²) in [5.41, 5.74) is 1.74. The van der Waals surface area contributed by atoms with Gasteiger partial charge in [0.15, 0.2) is 0 Å². The van der Waals surface area contributed by atoms with Crippen LogP contribution in [-0.4, -0.2) is 29.8 Å². The van der Waals surface area contributed by atoms with Crippen molar-refractivity contribution in [3.63, 3.8) is 0 Å². The molecule has 1 aliphatic heterocycles. The minimum Gasteiger partial charge on any atom is -0.334 e. The van der Waals surface area contributed by atoms with Gasteiger partial charge in [0.25, 0.3) is 0 Å². The molecule has 1 heterocycles. The van der Waals surface area contributed by atoms with E-state index in [0.29, 0.717) is 24.7 Å². The normalized spacial score (nSPS) is 17.8. The Morgan fingerprint density at radius 2 is 1.96 bits per heavy atom. The van der Waals surface area contributed by atoms with Crippen molar-refractivity contribution in [3.8, 4) is 0 Å². The Labute approximate surface area is 156 Å². The van der Waals surface area contributed by atoms with Gasteiger partial charge >= 0.3 is 6.03 Å². The molecule has 1 saturated heterocycles. The highest BCUT2D eigenvalue weighted by Crippen LogP contribution is 2.35. The van der Waals surface area contributed by atoms with Gasteiger partial charge in [-0.05, 0) is 30.2 Å². The predicted molar refractivity (Wildman–Crippen MR) is 101 cm³/mol. The maximum absolute atomic E-state index is 14.0. The summed E-state index contributed by atoms with van der Waals surface area (Å²) in [4.78, 5) is 14.2.